The van der Waals surface area contributed by atoms with E-state index in [1.807, 2.05) is 6.92 Å². The van der Waals surface area contributed by atoms with Gasteiger partial charge in [-0.05, 0) is 25.1 Å². The fourth-order valence-electron chi connectivity index (χ4n) is 1.42. The number of anilines is 1. The van der Waals surface area contributed by atoms with E-state index in [4.69, 9.17) is 5.11 Å². The number of hydrogen-bond donors (Lipinski definition) is 1. The number of rotatable bonds is 5. The highest BCUT2D eigenvalue weighted by Gasteiger charge is 2.09. The molecule has 0 aliphatic rings. The lowest BCUT2D eigenvalue weighted by Gasteiger charge is -2.22. The first-order chi connectivity index (χ1) is 7.22. The molecule has 0 bridgehead atoms. The van der Waals surface area contributed by atoms with E-state index >= 15 is 0 Å². The molecule has 0 saturated heterocycles. The summed E-state index contributed by atoms with van der Waals surface area (Å²) in [6.07, 6.45) is 0.606. The van der Waals surface area contributed by atoms with E-state index in [-0.39, 0.29) is 6.61 Å². The summed E-state index contributed by atoms with van der Waals surface area (Å²) in [5, 5.41) is 8.80. The van der Waals surface area contributed by atoms with Gasteiger partial charge in [0.2, 0.25) is 0 Å². The molecule has 3 nitrogen and oxygen atoms in total. The maximum Gasteiger partial charge on any atom is 0.150 e. The smallest absolute Gasteiger partial charge is 0.150 e. The van der Waals surface area contributed by atoms with Crippen molar-refractivity contribution in [1.29, 1.82) is 0 Å². The Hall–Kier alpha value is -1.42. The molecule has 0 amide bonds. The van der Waals surface area contributed by atoms with Gasteiger partial charge in [-0.1, -0.05) is 0 Å². The van der Waals surface area contributed by atoms with Gasteiger partial charge in [0, 0.05) is 18.7 Å². The van der Waals surface area contributed by atoms with Gasteiger partial charge in [0.1, 0.15) is 12.1 Å². The van der Waals surface area contributed by atoms with Crippen molar-refractivity contribution in [1.82, 2.24) is 0 Å². The van der Waals surface area contributed by atoms with Crippen LogP contribution in [0.5, 0.6) is 0 Å². The molecule has 0 unspecified atom stereocenters. The highest BCUT2D eigenvalue weighted by Crippen LogP contribution is 2.19. The topological polar surface area (TPSA) is 40.5 Å². The molecule has 0 atom stereocenters. The molecule has 0 aliphatic carbocycles. The van der Waals surface area contributed by atoms with E-state index in [9.17, 15) is 9.18 Å². The fourth-order valence-corrected chi connectivity index (χ4v) is 1.42. The van der Waals surface area contributed by atoms with Gasteiger partial charge in [0.05, 0.1) is 12.3 Å². The molecule has 0 spiro atoms. The molecular formula is C11H14FNO2. The number of carbonyl (C=O) groups is 1. The van der Waals surface area contributed by atoms with Crippen LogP contribution in [0.2, 0.25) is 0 Å². The zero-order chi connectivity index (χ0) is 11.3. The van der Waals surface area contributed by atoms with Crippen molar-refractivity contribution in [2.45, 2.75) is 6.92 Å². The Morgan fingerprint density at radius 1 is 1.53 bits per heavy atom. The average molecular weight is 211 g/mol. The number of hydrogen-bond acceptors (Lipinski definition) is 3. The average Bonchev–Trinajstić information content (AvgIpc) is 2.26. The largest absolute Gasteiger partial charge is 0.395 e. The summed E-state index contributed by atoms with van der Waals surface area (Å²) >= 11 is 0. The molecule has 4 heteroatoms. The minimum Gasteiger partial charge on any atom is -0.395 e. The van der Waals surface area contributed by atoms with Crippen LogP contribution in [0, 0.1) is 5.82 Å². The molecule has 1 aromatic rings. The molecule has 82 valence electrons. The van der Waals surface area contributed by atoms with Crippen molar-refractivity contribution in [3.63, 3.8) is 0 Å². The highest BCUT2D eigenvalue weighted by molar-refractivity contribution is 5.75. The second kappa shape index (κ2) is 5.46. The quantitative estimate of drug-likeness (QED) is 0.749. The maximum atomic E-state index is 13.5. The number of likely N-dealkylation sites (N-methyl/N-ethyl adjacent to an activating group) is 1. The van der Waals surface area contributed by atoms with E-state index in [0.717, 1.165) is 0 Å². The Bertz CT molecular complexity index is 341. The van der Waals surface area contributed by atoms with Crippen LogP contribution >= 0.6 is 0 Å². The Morgan fingerprint density at radius 3 is 2.73 bits per heavy atom. The van der Waals surface area contributed by atoms with Crippen LogP contribution in [0.15, 0.2) is 18.2 Å². The van der Waals surface area contributed by atoms with Crippen molar-refractivity contribution in [3.8, 4) is 0 Å². The number of carbonyl (C=O) groups excluding carboxylic acids is 1. The van der Waals surface area contributed by atoms with Crippen LogP contribution in [0.25, 0.3) is 0 Å². The highest BCUT2D eigenvalue weighted by atomic mass is 19.1. The lowest BCUT2D eigenvalue weighted by atomic mass is 10.2. The molecule has 0 fully saturated rings. The third-order valence-electron chi connectivity index (χ3n) is 2.20. The lowest BCUT2D eigenvalue weighted by molar-refractivity contribution is 0.112. The second-order valence-corrected chi connectivity index (χ2v) is 3.13. The molecule has 15 heavy (non-hydrogen) atoms. The summed E-state index contributed by atoms with van der Waals surface area (Å²) in [6, 6.07) is 4.31. The minimum absolute atomic E-state index is 0.0251. The van der Waals surface area contributed by atoms with Gasteiger partial charge in [-0.2, -0.15) is 0 Å². The van der Waals surface area contributed by atoms with Crippen LogP contribution < -0.4 is 4.90 Å². The van der Waals surface area contributed by atoms with Crippen molar-refractivity contribution >= 4 is 12.0 Å². The summed E-state index contributed by atoms with van der Waals surface area (Å²) in [6.45, 7) is 2.84. The van der Waals surface area contributed by atoms with Crippen molar-refractivity contribution in [3.05, 3.63) is 29.6 Å². The van der Waals surface area contributed by atoms with Crippen LogP contribution in [-0.4, -0.2) is 31.1 Å². The fraction of sp³-hybridized carbons (Fsp3) is 0.364. The summed E-state index contributed by atoms with van der Waals surface area (Å²) in [5.41, 5.74) is 0.730. The van der Waals surface area contributed by atoms with E-state index in [2.05, 4.69) is 0 Å². The Kier molecular flexibility index (Phi) is 4.24. The molecule has 1 N–H and O–H groups in total. The van der Waals surface area contributed by atoms with E-state index in [1.54, 1.807) is 17.0 Å². The molecule has 0 heterocycles. The minimum atomic E-state index is -0.435. The number of aldehydes is 1. The Labute approximate surface area is 88.1 Å². The van der Waals surface area contributed by atoms with Gasteiger partial charge in [-0.25, -0.2) is 4.39 Å². The number of halogens is 1. The van der Waals surface area contributed by atoms with Crippen LogP contribution in [0.3, 0.4) is 0 Å². The molecule has 0 aliphatic heterocycles. The predicted molar refractivity (Wildman–Crippen MR) is 56.8 cm³/mol. The van der Waals surface area contributed by atoms with E-state index < -0.39 is 5.82 Å². The Morgan fingerprint density at radius 2 is 2.27 bits per heavy atom. The van der Waals surface area contributed by atoms with Gasteiger partial charge in [-0.3, -0.25) is 4.79 Å². The first-order valence-corrected chi connectivity index (χ1v) is 4.83. The summed E-state index contributed by atoms with van der Waals surface area (Å²) in [7, 11) is 0. The van der Waals surface area contributed by atoms with Crippen molar-refractivity contribution in [2.24, 2.45) is 0 Å². The number of nitrogens with zero attached hydrogens (tertiary/aromatic N) is 1. The standard InChI is InChI=1S/C11H14FNO2/c1-2-13(5-6-14)11-4-3-9(8-15)7-10(11)12/h3-4,7-8,14H,2,5-6H2,1H3. The summed E-state index contributed by atoms with van der Waals surface area (Å²) in [5.74, 6) is -0.435. The number of benzene rings is 1. The second-order valence-electron chi connectivity index (χ2n) is 3.13. The summed E-state index contributed by atoms with van der Waals surface area (Å²) in [4.78, 5) is 12.1. The van der Waals surface area contributed by atoms with Crippen LogP contribution in [0.4, 0.5) is 10.1 Å². The van der Waals surface area contributed by atoms with Crippen molar-refractivity contribution in [2.75, 3.05) is 24.6 Å². The molecule has 0 aromatic heterocycles. The molecule has 1 rings (SSSR count). The first kappa shape index (κ1) is 11.7. The van der Waals surface area contributed by atoms with Gasteiger partial charge in [-0.15, -0.1) is 0 Å². The predicted octanol–water partition coefficient (Wildman–Crippen LogP) is 1.46. The van der Waals surface area contributed by atoms with Gasteiger partial charge in [0.15, 0.2) is 0 Å². The lowest BCUT2D eigenvalue weighted by Crippen LogP contribution is -2.27. The van der Waals surface area contributed by atoms with E-state index in [0.29, 0.717) is 30.6 Å². The van der Waals surface area contributed by atoms with Gasteiger partial charge < -0.3 is 10.0 Å². The third kappa shape index (κ3) is 2.76. The first-order valence-electron chi connectivity index (χ1n) is 4.83. The van der Waals surface area contributed by atoms with Crippen molar-refractivity contribution < 1.29 is 14.3 Å². The monoisotopic (exact) mass is 211 g/mol. The number of aliphatic hydroxyl groups excluding tert-OH is 1. The van der Waals surface area contributed by atoms with Crippen LogP contribution in [-0.2, 0) is 0 Å². The normalized spacial score (nSPS) is 10.1. The zero-order valence-corrected chi connectivity index (χ0v) is 8.61. The van der Waals surface area contributed by atoms with Gasteiger partial charge in [0.25, 0.3) is 0 Å². The SMILES string of the molecule is CCN(CCO)c1ccc(C=O)cc1F. The maximum absolute atomic E-state index is 13.5. The molecule has 0 radical (unpaired) electrons. The summed E-state index contributed by atoms with van der Waals surface area (Å²) < 4.78 is 13.5. The third-order valence-corrected chi connectivity index (χ3v) is 2.20. The zero-order valence-electron chi connectivity index (χ0n) is 8.61. The number of aliphatic hydroxyl groups is 1. The molecule has 0 saturated carbocycles. The van der Waals surface area contributed by atoms with Crippen LogP contribution in [0.1, 0.15) is 17.3 Å². The molecule has 1 aromatic carbocycles. The van der Waals surface area contributed by atoms with Gasteiger partial charge >= 0.3 is 0 Å². The Balaban J connectivity index is 2.97. The molecular weight excluding hydrogens is 197 g/mol. The van der Waals surface area contributed by atoms with E-state index in [1.165, 1.54) is 6.07 Å².